The first-order valence-corrected chi connectivity index (χ1v) is 9.32. The van der Waals surface area contributed by atoms with Crippen molar-refractivity contribution in [2.45, 2.75) is 52.4 Å². The van der Waals surface area contributed by atoms with E-state index >= 15 is 0 Å². The van der Waals surface area contributed by atoms with Crippen molar-refractivity contribution in [1.29, 1.82) is 0 Å². The van der Waals surface area contributed by atoms with Crippen molar-refractivity contribution in [2.24, 2.45) is 5.92 Å². The molecule has 0 fully saturated rings. The maximum atomic E-state index is 11.9. The van der Waals surface area contributed by atoms with Gasteiger partial charge in [-0.05, 0) is 73.3 Å². The summed E-state index contributed by atoms with van der Waals surface area (Å²) in [6, 6.07) is 5.50. The third-order valence-electron chi connectivity index (χ3n) is 5.22. The number of carbonyl (C=O) groups excluding carboxylic acids is 2. The average molecular weight is 354 g/mol. The van der Waals surface area contributed by atoms with E-state index in [4.69, 9.17) is 9.47 Å². The number of rotatable bonds is 3. The third kappa shape index (κ3) is 3.90. The Balaban J connectivity index is 2.09. The number of hydrogen-bond acceptors (Lipinski definition) is 4. The summed E-state index contributed by atoms with van der Waals surface area (Å²) in [5.74, 6) is 0.714. The first-order chi connectivity index (χ1) is 12.5. The van der Waals surface area contributed by atoms with E-state index in [0.29, 0.717) is 17.2 Å². The summed E-state index contributed by atoms with van der Waals surface area (Å²) in [6.07, 6.45) is 8.25. The van der Waals surface area contributed by atoms with Crippen molar-refractivity contribution >= 4 is 17.7 Å². The molecule has 1 aromatic carbocycles. The molecular formula is C22H26O4. The standard InChI is InChI=1S/C22H26O4/c1-14-7-9-16(10-8-14)19-6-4-5-17-13-18(22(24)25-3)11-12-20(17)21(19)26-15(2)23/h9,11-14H,4-8,10H2,1-3H3. The zero-order valence-electron chi connectivity index (χ0n) is 15.8. The van der Waals surface area contributed by atoms with Crippen LogP contribution in [-0.4, -0.2) is 19.0 Å². The SMILES string of the molecule is COC(=O)c1ccc2c(c1)CCCC(C1=CCC(C)CC1)=C2OC(C)=O. The number of allylic oxidation sites excluding steroid dienone is 3. The molecule has 0 N–H and O–H groups in total. The van der Waals surface area contributed by atoms with Crippen molar-refractivity contribution in [3.63, 3.8) is 0 Å². The molecule has 0 bridgehead atoms. The van der Waals surface area contributed by atoms with Gasteiger partial charge in [0.1, 0.15) is 5.76 Å². The second kappa shape index (κ2) is 7.90. The Hall–Kier alpha value is -2.36. The van der Waals surface area contributed by atoms with Gasteiger partial charge in [-0.15, -0.1) is 0 Å². The number of methoxy groups -OCH3 is 1. The summed E-state index contributed by atoms with van der Waals surface area (Å²) >= 11 is 0. The minimum atomic E-state index is -0.348. The molecule has 0 aliphatic heterocycles. The van der Waals surface area contributed by atoms with E-state index in [2.05, 4.69) is 13.0 Å². The minimum absolute atomic E-state index is 0.313. The van der Waals surface area contributed by atoms with Gasteiger partial charge in [0, 0.05) is 12.5 Å². The Labute approximate surface area is 154 Å². The van der Waals surface area contributed by atoms with Crippen LogP contribution in [0.5, 0.6) is 0 Å². The summed E-state index contributed by atoms with van der Waals surface area (Å²) < 4.78 is 10.5. The minimum Gasteiger partial charge on any atom is -0.465 e. The first-order valence-electron chi connectivity index (χ1n) is 9.32. The fraction of sp³-hybridized carbons (Fsp3) is 0.455. The maximum Gasteiger partial charge on any atom is 0.337 e. The highest BCUT2D eigenvalue weighted by atomic mass is 16.5. The molecule has 0 heterocycles. The van der Waals surface area contributed by atoms with Gasteiger partial charge in [-0.25, -0.2) is 4.79 Å². The van der Waals surface area contributed by atoms with Crippen LogP contribution in [-0.2, 0) is 20.7 Å². The van der Waals surface area contributed by atoms with Crippen molar-refractivity contribution < 1.29 is 19.1 Å². The molecule has 1 unspecified atom stereocenters. The topological polar surface area (TPSA) is 52.6 Å². The lowest BCUT2D eigenvalue weighted by molar-refractivity contribution is -0.134. The van der Waals surface area contributed by atoms with E-state index in [1.165, 1.54) is 19.6 Å². The van der Waals surface area contributed by atoms with Crippen LogP contribution in [0.25, 0.3) is 5.76 Å². The van der Waals surface area contributed by atoms with Gasteiger partial charge in [-0.1, -0.05) is 19.1 Å². The summed E-state index contributed by atoms with van der Waals surface area (Å²) in [7, 11) is 1.38. The Bertz CT molecular complexity index is 785. The van der Waals surface area contributed by atoms with Gasteiger partial charge in [0.15, 0.2) is 0 Å². The average Bonchev–Trinajstić information content (AvgIpc) is 2.80. The summed E-state index contributed by atoms with van der Waals surface area (Å²) in [6.45, 7) is 3.71. The fourth-order valence-electron chi connectivity index (χ4n) is 3.80. The molecule has 2 aliphatic rings. The van der Waals surface area contributed by atoms with Crippen LogP contribution in [0.15, 0.2) is 35.4 Å². The molecule has 0 radical (unpaired) electrons. The smallest absolute Gasteiger partial charge is 0.337 e. The van der Waals surface area contributed by atoms with Crippen molar-refractivity contribution in [3.8, 4) is 0 Å². The number of aryl methyl sites for hydroxylation is 1. The number of fused-ring (bicyclic) bond motifs is 1. The van der Waals surface area contributed by atoms with E-state index in [9.17, 15) is 9.59 Å². The first kappa shape index (κ1) is 18.4. The Kier molecular flexibility index (Phi) is 5.60. The second-order valence-corrected chi connectivity index (χ2v) is 7.23. The molecule has 1 atom stereocenters. The monoisotopic (exact) mass is 354 g/mol. The van der Waals surface area contributed by atoms with Gasteiger partial charge >= 0.3 is 11.9 Å². The number of esters is 2. The zero-order valence-corrected chi connectivity index (χ0v) is 15.8. The van der Waals surface area contributed by atoms with E-state index in [1.807, 2.05) is 12.1 Å². The summed E-state index contributed by atoms with van der Waals surface area (Å²) in [5.41, 5.74) is 4.94. The maximum absolute atomic E-state index is 11.9. The van der Waals surface area contributed by atoms with E-state index in [0.717, 1.165) is 55.2 Å². The summed E-state index contributed by atoms with van der Waals surface area (Å²) in [5, 5.41) is 0. The second-order valence-electron chi connectivity index (χ2n) is 7.23. The van der Waals surface area contributed by atoms with Crippen LogP contribution in [0, 0.1) is 5.92 Å². The normalized spacial score (nSPS) is 20.0. The van der Waals surface area contributed by atoms with Gasteiger partial charge in [0.2, 0.25) is 0 Å². The van der Waals surface area contributed by atoms with Crippen molar-refractivity contribution in [1.82, 2.24) is 0 Å². The molecule has 4 nitrogen and oxygen atoms in total. The lowest BCUT2D eigenvalue weighted by Crippen LogP contribution is -2.08. The van der Waals surface area contributed by atoms with E-state index in [1.54, 1.807) is 6.07 Å². The van der Waals surface area contributed by atoms with Crippen molar-refractivity contribution in [3.05, 3.63) is 52.1 Å². The van der Waals surface area contributed by atoms with E-state index < -0.39 is 0 Å². The highest BCUT2D eigenvalue weighted by molar-refractivity contribution is 5.90. The summed E-state index contributed by atoms with van der Waals surface area (Å²) in [4.78, 5) is 23.6. The van der Waals surface area contributed by atoms with Crippen LogP contribution in [0.4, 0.5) is 0 Å². The molecule has 138 valence electrons. The van der Waals surface area contributed by atoms with Crippen LogP contribution < -0.4 is 0 Å². The zero-order chi connectivity index (χ0) is 18.7. The number of ether oxygens (including phenoxy) is 2. The Morgan fingerprint density at radius 1 is 1.15 bits per heavy atom. The Morgan fingerprint density at radius 3 is 2.62 bits per heavy atom. The molecule has 0 spiro atoms. The van der Waals surface area contributed by atoms with Crippen LogP contribution in [0.3, 0.4) is 0 Å². The molecule has 4 heteroatoms. The van der Waals surface area contributed by atoms with Gasteiger partial charge in [0.25, 0.3) is 0 Å². The van der Waals surface area contributed by atoms with Crippen molar-refractivity contribution in [2.75, 3.05) is 7.11 Å². The number of hydrogen-bond donors (Lipinski definition) is 0. The quantitative estimate of drug-likeness (QED) is 0.730. The highest BCUT2D eigenvalue weighted by Gasteiger charge is 2.25. The molecule has 26 heavy (non-hydrogen) atoms. The molecule has 0 saturated carbocycles. The largest absolute Gasteiger partial charge is 0.465 e. The van der Waals surface area contributed by atoms with Crippen LogP contribution in [0.2, 0.25) is 0 Å². The van der Waals surface area contributed by atoms with Crippen LogP contribution >= 0.6 is 0 Å². The molecule has 0 amide bonds. The number of carbonyl (C=O) groups is 2. The van der Waals surface area contributed by atoms with Gasteiger partial charge in [-0.3, -0.25) is 4.79 Å². The third-order valence-corrected chi connectivity index (χ3v) is 5.22. The predicted molar refractivity (Wildman–Crippen MR) is 101 cm³/mol. The number of benzene rings is 1. The van der Waals surface area contributed by atoms with Gasteiger partial charge in [-0.2, -0.15) is 0 Å². The Morgan fingerprint density at radius 2 is 1.96 bits per heavy atom. The molecule has 3 rings (SSSR count). The highest BCUT2D eigenvalue weighted by Crippen LogP contribution is 2.39. The molecular weight excluding hydrogens is 328 g/mol. The van der Waals surface area contributed by atoms with Crippen LogP contribution in [0.1, 0.15) is 67.4 Å². The molecule has 0 saturated heterocycles. The van der Waals surface area contributed by atoms with E-state index in [-0.39, 0.29) is 11.9 Å². The molecule has 1 aromatic rings. The lowest BCUT2D eigenvalue weighted by atomic mass is 9.85. The van der Waals surface area contributed by atoms with Gasteiger partial charge in [0.05, 0.1) is 12.7 Å². The molecule has 2 aliphatic carbocycles. The predicted octanol–water partition coefficient (Wildman–Crippen LogP) is 4.83. The lowest BCUT2D eigenvalue weighted by Gasteiger charge is -2.22. The van der Waals surface area contributed by atoms with Gasteiger partial charge < -0.3 is 9.47 Å². The molecule has 0 aromatic heterocycles. The fourth-order valence-corrected chi connectivity index (χ4v) is 3.80.